The Kier molecular flexibility index (Phi) is 35.9. The van der Waals surface area contributed by atoms with E-state index >= 15 is 0 Å². The maximum absolute atomic E-state index is 10.9. The topological polar surface area (TPSA) is 73.9 Å². The lowest BCUT2D eigenvalue weighted by Gasteiger charge is -2.33. The van der Waals surface area contributed by atoms with E-state index in [1.54, 1.807) is 0 Å². The lowest BCUT2D eigenvalue weighted by Crippen LogP contribution is -2.47. The number of unbranched alkanes of at least 4 members (excludes halogenated alkanes) is 22. The number of aliphatic hydroxyl groups excluding tert-OH is 1. The van der Waals surface area contributed by atoms with Gasteiger partial charge in [0.1, 0.15) is 35.2 Å². The number of rotatable bonds is 33. The molecule has 0 bridgehead atoms. The molecule has 0 aliphatic rings. The second kappa shape index (κ2) is 33.4. The number of hydrogen-bond acceptors (Lipinski definition) is 5. The van der Waals surface area contributed by atoms with E-state index in [9.17, 15) is 5.11 Å². The van der Waals surface area contributed by atoms with Crippen LogP contribution in [0.4, 0.5) is 0 Å². The molecule has 0 fully saturated rings. The molecule has 0 heterocycles. The molecule has 0 aliphatic heterocycles. The summed E-state index contributed by atoms with van der Waals surface area (Å²) in [6.45, 7) is 9.69. The van der Waals surface area contributed by atoms with Crippen LogP contribution < -0.4 is 5.73 Å². The molecule has 7 heteroatoms. The van der Waals surface area contributed by atoms with Crippen molar-refractivity contribution in [2.24, 2.45) is 5.73 Å². The average molecular weight is 779 g/mol. The minimum atomic E-state index is -0.998. The molecule has 0 amide bonds. The standard InChI is InChI=1S/C35H72INO4.BrH/c1-5-7-9-11-13-15-17-19-21-23-25-27-29-39-33(32(41-36)31-35(3,4)37)34(38)40-30-28-26-24-22-20-18-16-14-12-10-8-6-2;/h32-34,38H,5-31,37H2,1-4H3;1H. The van der Waals surface area contributed by atoms with E-state index in [0.29, 0.717) is 19.6 Å². The molecule has 3 atom stereocenters. The minimum absolute atomic E-state index is 0. The summed E-state index contributed by atoms with van der Waals surface area (Å²) in [6, 6.07) is 0. The Morgan fingerprint density at radius 3 is 1.19 bits per heavy atom. The minimum Gasteiger partial charge on any atom is -0.370 e. The van der Waals surface area contributed by atoms with Crippen LogP contribution >= 0.6 is 40.0 Å². The van der Waals surface area contributed by atoms with Gasteiger partial charge in [0.05, 0.1) is 0 Å². The summed E-state index contributed by atoms with van der Waals surface area (Å²) >= 11 is 1.91. The van der Waals surface area contributed by atoms with Crippen molar-refractivity contribution < 1.29 is 17.6 Å². The van der Waals surface area contributed by atoms with Crippen molar-refractivity contribution in [2.75, 3.05) is 13.2 Å². The number of nitrogens with two attached hydrogens (primary N) is 1. The Hall–Kier alpha value is 1.01. The third kappa shape index (κ3) is 31.0. The first-order chi connectivity index (χ1) is 19.9. The van der Waals surface area contributed by atoms with Crippen LogP contribution in [0, 0.1) is 0 Å². The summed E-state index contributed by atoms with van der Waals surface area (Å²) in [5.74, 6) is 0. The van der Waals surface area contributed by atoms with Gasteiger partial charge in [-0.2, -0.15) is 0 Å². The van der Waals surface area contributed by atoms with Gasteiger partial charge in [0.15, 0.2) is 6.29 Å². The predicted molar refractivity (Wildman–Crippen MR) is 196 cm³/mol. The van der Waals surface area contributed by atoms with Gasteiger partial charge >= 0.3 is 0 Å². The predicted octanol–water partition coefficient (Wildman–Crippen LogP) is 11.5. The van der Waals surface area contributed by atoms with E-state index in [-0.39, 0.29) is 23.1 Å². The van der Waals surface area contributed by atoms with Gasteiger partial charge in [-0.05, 0) is 33.1 Å². The molecular weight excluding hydrogens is 705 g/mol. The zero-order chi connectivity index (χ0) is 30.4. The third-order valence-electron chi connectivity index (χ3n) is 8.08. The van der Waals surface area contributed by atoms with Crippen molar-refractivity contribution in [3.05, 3.63) is 0 Å². The van der Waals surface area contributed by atoms with Crippen LogP contribution in [-0.2, 0) is 12.5 Å². The van der Waals surface area contributed by atoms with Crippen molar-refractivity contribution >= 4 is 40.0 Å². The zero-order valence-corrected chi connectivity index (χ0v) is 32.2. The maximum atomic E-state index is 10.9. The van der Waals surface area contributed by atoms with Gasteiger partial charge in [0.2, 0.25) is 0 Å². The Bertz CT molecular complexity index is 524. The molecule has 0 aromatic carbocycles. The molecule has 0 saturated carbocycles. The molecule has 0 spiro atoms. The first-order valence-corrected chi connectivity index (χ1v) is 18.7. The van der Waals surface area contributed by atoms with Crippen LogP contribution in [0.1, 0.15) is 188 Å². The van der Waals surface area contributed by atoms with Crippen LogP contribution in [0.3, 0.4) is 0 Å². The van der Waals surface area contributed by atoms with Crippen molar-refractivity contribution in [3.8, 4) is 0 Å². The highest BCUT2D eigenvalue weighted by Crippen LogP contribution is 2.23. The third-order valence-corrected chi connectivity index (χ3v) is 8.74. The number of halogens is 2. The molecule has 256 valence electrons. The van der Waals surface area contributed by atoms with E-state index in [2.05, 4.69) is 13.8 Å². The molecule has 0 radical (unpaired) electrons. The summed E-state index contributed by atoms with van der Waals surface area (Å²) in [5, 5.41) is 10.9. The van der Waals surface area contributed by atoms with Gasteiger partial charge in [-0.3, -0.25) is 0 Å². The monoisotopic (exact) mass is 777 g/mol. The van der Waals surface area contributed by atoms with Crippen molar-refractivity contribution in [3.63, 3.8) is 0 Å². The van der Waals surface area contributed by atoms with Gasteiger partial charge in [-0.1, -0.05) is 155 Å². The Morgan fingerprint density at radius 1 is 0.571 bits per heavy atom. The molecule has 0 saturated heterocycles. The molecule has 42 heavy (non-hydrogen) atoms. The largest absolute Gasteiger partial charge is 0.370 e. The highest BCUT2D eigenvalue weighted by Gasteiger charge is 2.34. The SMILES string of the molecule is Br.CCCCCCCCCCCCCCOC(O)C(OCCCCCCCCCCCCCC)C(CC(C)(C)N)OI. The first kappa shape index (κ1) is 45.1. The van der Waals surface area contributed by atoms with Crippen molar-refractivity contribution in [2.45, 2.75) is 212 Å². The summed E-state index contributed by atoms with van der Waals surface area (Å²) in [5.41, 5.74) is 5.87. The van der Waals surface area contributed by atoms with Gasteiger partial charge in [0, 0.05) is 18.8 Å². The van der Waals surface area contributed by atoms with Crippen molar-refractivity contribution in [1.29, 1.82) is 0 Å². The Morgan fingerprint density at radius 2 is 0.881 bits per heavy atom. The summed E-state index contributed by atoms with van der Waals surface area (Å²) in [6.07, 6.45) is 30.2. The number of aliphatic hydroxyl groups is 1. The van der Waals surface area contributed by atoms with E-state index in [0.717, 1.165) is 25.7 Å². The van der Waals surface area contributed by atoms with E-state index in [4.69, 9.17) is 18.3 Å². The molecule has 0 aliphatic carbocycles. The number of hydrogen-bond donors (Lipinski definition) is 2. The van der Waals surface area contributed by atoms with E-state index < -0.39 is 17.9 Å². The fraction of sp³-hybridized carbons (Fsp3) is 1.00. The molecule has 0 aromatic rings. The smallest absolute Gasteiger partial charge is 0.183 e. The summed E-state index contributed by atoms with van der Waals surface area (Å²) < 4.78 is 17.8. The van der Waals surface area contributed by atoms with E-state index in [1.165, 1.54) is 128 Å². The highest BCUT2D eigenvalue weighted by molar-refractivity contribution is 14.1. The summed E-state index contributed by atoms with van der Waals surface area (Å²) in [7, 11) is 0. The van der Waals surface area contributed by atoms with Crippen LogP contribution in [0.15, 0.2) is 0 Å². The molecule has 0 rings (SSSR count). The molecular formula is C35H73BrINO4. The van der Waals surface area contributed by atoms with Gasteiger partial charge in [0.25, 0.3) is 0 Å². The van der Waals surface area contributed by atoms with E-state index in [1.807, 2.05) is 36.9 Å². The Labute approximate surface area is 287 Å². The first-order valence-electron chi connectivity index (χ1n) is 17.8. The normalized spacial score (nSPS) is 14.1. The summed E-state index contributed by atoms with van der Waals surface area (Å²) in [4.78, 5) is 0. The highest BCUT2D eigenvalue weighted by atomic mass is 127. The Balaban J connectivity index is 0. The molecule has 3 unspecified atom stereocenters. The van der Waals surface area contributed by atoms with Crippen LogP contribution in [0.2, 0.25) is 0 Å². The van der Waals surface area contributed by atoms with Gasteiger partial charge in [-0.25, -0.2) is 0 Å². The second-order valence-corrected chi connectivity index (χ2v) is 13.7. The van der Waals surface area contributed by atoms with Gasteiger partial charge in [-0.15, -0.1) is 17.0 Å². The maximum Gasteiger partial charge on any atom is 0.183 e. The lowest BCUT2D eigenvalue weighted by atomic mass is 9.95. The van der Waals surface area contributed by atoms with Crippen LogP contribution in [-0.4, -0.2) is 42.4 Å². The average Bonchev–Trinajstić information content (AvgIpc) is 2.94. The second-order valence-electron chi connectivity index (χ2n) is 13.2. The number of ether oxygens (including phenoxy) is 2. The van der Waals surface area contributed by atoms with Crippen LogP contribution in [0.25, 0.3) is 0 Å². The molecule has 3 N–H and O–H groups in total. The van der Waals surface area contributed by atoms with Crippen molar-refractivity contribution in [1.82, 2.24) is 0 Å². The fourth-order valence-electron chi connectivity index (χ4n) is 5.49. The lowest BCUT2D eigenvalue weighted by molar-refractivity contribution is -0.201. The quantitative estimate of drug-likeness (QED) is 0.0394. The molecule has 0 aromatic heterocycles. The van der Waals surface area contributed by atoms with Crippen LogP contribution in [0.5, 0.6) is 0 Å². The van der Waals surface area contributed by atoms with Gasteiger partial charge < -0.3 is 23.4 Å². The zero-order valence-electron chi connectivity index (χ0n) is 28.4. The fourth-order valence-corrected chi connectivity index (χ4v) is 5.96. The molecule has 5 nitrogen and oxygen atoms in total.